The van der Waals surface area contributed by atoms with Crippen LogP contribution in [0.5, 0.6) is 0 Å². The van der Waals surface area contributed by atoms with Crippen molar-refractivity contribution in [2.24, 2.45) is 23.3 Å². The van der Waals surface area contributed by atoms with Crippen molar-refractivity contribution in [1.82, 2.24) is 0 Å². The number of fused-ring (bicyclic) bond motifs is 2. The molecule has 4 atom stereocenters. The molecule has 2 aliphatic rings. The lowest BCUT2D eigenvalue weighted by Gasteiger charge is -2.22. The van der Waals surface area contributed by atoms with E-state index in [9.17, 15) is 0 Å². The van der Waals surface area contributed by atoms with Gasteiger partial charge in [0.15, 0.2) is 0 Å². The molecule has 0 spiro atoms. The fourth-order valence-corrected chi connectivity index (χ4v) is 2.46. The topological polar surface area (TPSA) is 52.0 Å². The average Bonchev–Trinajstić information content (AvgIpc) is 2.22. The molecule has 2 nitrogen and oxygen atoms in total. The fraction of sp³-hybridized carbons (Fsp3) is 1.00. The van der Waals surface area contributed by atoms with Gasteiger partial charge in [-0.1, -0.05) is 0 Å². The standard InChI is InChI=1S/C7H14N2/c8-6-2-4-1-5(6)7(9)3-4/h4-7H,1-3,8-9H2/t4?,5?,6-,7+. The highest BCUT2D eigenvalue weighted by atomic mass is 14.8. The quantitative estimate of drug-likeness (QED) is 0.482. The zero-order valence-electron chi connectivity index (χ0n) is 5.59. The molecule has 0 saturated heterocycles. The van der Waals surface area contributed by atoms with Crippen LogP contribution in [0.15, 0.2) is 0 Å². The maximum absolute atomic E-state index is 5.83. The van der Waals surface area contributed by atoms with Crippen molar-refractivity contribution < 1.29 is 0 Å². The molecule has 2 bridgehead atoms. The van der Waals surface area contributed by atoms with E-state index in [1.54, 1.807) is 0 Å². The Morgan fingerprint density at radius 1 is 0.889 bits per heavy atom. The molecular weight excluding hydrogens is 112 g/mol. The monoisotopic (exact) mass is 126 g/mol. The highest BCUT2D eigenvalue weighted by Crippen LogP contribution is 2.42. The lowest BCUT2D eigenvalue weighted by atomic mass is 9.92. The Morgan fingerprint density at radius 2 is 1.44 bits per heavy atom. The predicted octanol–water partition coefficient (Wildman–Crippen LogP) is 0.0709. The van der Waals surface area contributed by atoms with Gasteiger partial charge in [0, 0.05) is 12.1 Å². The van der Waals surface area contributed by atoms with E-state index in [0.717, 1.165) is 5.92 Å². The minimum Gasteiger partial charge on any atom is -0.327 e. The first-order chi connectivity index (χ1) is 4.27. The SMILES string of the molecule is N[C@@H]1CC2CC1[C@@H](N)C2. The van der Waals surface area contributed by atoms with E-state index in [4.69, 9.17) is 11.5 Å². The molecule has 2 unspecified atom stereocenters. The van der Waals surface area contributed by atoms with Crippen LogP contribution in [0.3, 0.4) is 0 Å². The molecule has 2 rings (SSSR count). The molecular formula is C7H14N2. The van der Waals surface area contributed by atoms with E-state index >= 15 is 0 Å². The highest BCUT2D eigenvalue weighted by Gasteiger charge is 2.42. The molecule has 52 valence electrons. The van der Waals surface area contributed by atoms with Crippen LogP contribution in [-0.4, -0.2) is 12.1 Å². The Labute approximate surface area is 55.6 Å². The second kappa shape index (κ2) is 1.70. The third-order valence-corrected chi connectivity index (χ3v) is 2.92. The molecule has 0 aromatic carbocycles. The summed E-state index contributed by atoms with van der Waals surface area (Å²) in [6.07, 6.45) is 3.78. The van der Waals surface area contributed by atoms with Gasteiger partial charge < -0.3 is 11.5 Å². The van der Waals surface area contributed by atoms with Gasteiger partial charge in [-0.25, -0.2) is 0 Å². The van der Waals surface area contributed by atoms with Crippen LogP contribution in [0.2, 0.25) is 0 Å². The molecule has 2 saturated carbocycles. The summed E-state index contributed by atoms with van der Waals surface area (Å²) in [7, 11) is 0. The van der Waals surface area contributed by atoms with Crippen LogP contribution in [0, 0.1) is 11.8 Å². The maximum atomic E-state index is 5.83. The zero-order chi connectivity index (χ0) is 6.43. The van der Waals surface area contributed by atoms with Crippen molar-refractivity contribution in [2.45, 2.75) is 31.3 Å². The van der Waals surface area contributed by atoms with E-state index in [-0.39, 0.29) is 0 Å². The second-order valence-corrected chi connectivity index (χ2v) is 3.56. The number of rotatable bonds is 0. The van der Waals surface area contributed by atoms with Gasteiger partial charge in [-0.05, 0) is 31.1 Å². The molecule has 0 radical (unpaired) electrons. The summed E-state index contributed by atoms with van der Waals surface area (Å²) in [6, 6.07) is 0.859. The van der Waals surface area contributed by atoms with Crippen LogP contribution in [0.4, 0.5) is 0 Å². The first kappa shape index (κ1) is 5.69. The van der Waals surface area contributed by atoms with Crippen LogP contribution >= 0.6 is 0 Å². The second-order valence-electron chi connectivity index (χ2n) is 3.56. The normalized spacial score (nSPS) is 56.7. The summed E-state index contributed by atoms with van der Waals surface area (Å²) >= 11 is 0. The van der Waals surface area contributed by atoms with E-state index in [0.29, 0.717) is 18.0 Å². The summed E-state index contributed by atoms with van der Waals surface area (Å²) in [5, 5.41) is 0. The van der Waals surface area contributed by atoms with E-state index in [1.165, 1.54) is 19.3 Å². The van der Waals surface area contributed by atoms with Gasteiger partial charge in [0.25, 0.3) is 0 Å². The van der Waals surface area contributed by atoms with Gasteiger partial charge in [0.2, 0.25) is 0 Å². The van der Waals surface area contributed by atoms with Crippen molar-refractivity contribution in [3.05, 3.63) is 0 Å². The first-order valence-corrected chi connectivity index (χ1v) is 3.78. The van der Waals surface area contributed by atoms with Crippen LogP contribution in [0.25, 0.3) is 0 Å². The van der Waals surface area contributed by atoms with Crippen molar-refractivity contribution in [2.75, 3.05) is 0 Å². The summed E-state index contributed by atoms with van der Waals surface area (Å²) < 4.78 is 0. The Hall–Kier alpha value is -0.0800. The average molecular weight is 126 g/mol. The van der Waals surface area contributed by atoms with E-state index in [2.05, 4.69) is 0 Å². The molecule has 0 aromatic rings. The fourth-order valence-electron chi connectivity index (χ4n) is 2.46. The first-order valence-electron chi connectivity index (χ1n) is 3.78. The summed E-state index contributed by atoms with van der Waals surface area (Å²) in [5.41, 5.74) is 11.7. The number of hydrogen-bond donors (Lipinski definition) is 2. The largest absolute Gasteiger partial charge is 0.327 e. The van der Waals surface area contributed by atoms with Crippen molar-refractivity contribution in [3.63, 3.8) is 0 Å². The molecule has 2 fully saturated rings. The van der Waals surface area contributed by atoms with Gasteiger partial charge in [0.1, 0.15) is 0 Å². The summed E-state index contributed by atoms with van der Waals surface area (Å²) in [6.45, 7) is 0. The van der Waals surface area contributed by atoms with Crippen LogP contribution in [-0.2, 0) is 0 Å². The third-order valence-electron chi connectivity index (χ3n) is 2.92. The maximum Gasteiger partial charge on any atom is 0.00846 e. The van der Waals surface area contributed by atoms with Gasteiger partial charge >= 0.3 is 0 Å². The van der Waals surface area contributed by atoms with Crippen LogP contribution in [0.1, 0.15) is 19.3 Å². The lowest BCUT2D eigenvalue weighted by Crippen LogP contribution is -2.39. The van der Waals surface area contributed by atoms with E-state index in [1.807, 2.05) is 0 Å². The zero-order valence-corrected chi connectivity index (χ0v) is 5.59. The van der Waals surface area contributed by atoms with Crippen molar-refractivity contribution >= 4 is 0 Å². The molecule has 4 N–H and O–H groups in total. The highest BCUT2D eigenvalue weighted by molar-refractivity contribution is 4.99. The van der Waals surface area contributed by atoms with Gasteiger partial charge in [-0.2, -0.15) is 0 Å². The molecule has 0 aromatic heterocycles. The molecule has 2 aliphatic carbocycles. The Morgan fingerprint density at radius 3 is 1.67 bits per heavy atom. The van der Waals surface area contributed by atoms with Gasteiger partial charge in [-0.3, -0.25) is 0 Å². The Balaban J connectivity index is 2.13. The van der Waals surface area contributed by atoms with Gasteiger partial charge in [0.05, 0.1) is 0 Å². The summed E-state index contributed by atoms with van der Waals surface area (Å²) in [5.74, 6) is 1.54. The Bertz CT molecular complexity index is 112. The van der Waals surface area contributed by atoms with Crippen LogP contribution < -0.4 is 11.5 Å². The smallest absolute Gasteiger partial charge is 0.00846 e. The minimum atomic E-state index is 0.429. The number of hydrogen-bond acceptors (Lipinski definition) is 2. The van der Waals surface area contributed by atoms with E-state index < -0.39 is 0 Å². The molecule has 0 heterocycles. The molecule has 9 heavy (non-hydrogen) atoms. The van der Waals surface area contributed by atoms with Crippen molar-refractivity contribution in [3.8, 4) is 0 Å². The molecule has 0 aliphatic heterocycles. The van der Waals surface area contributed by atoms with Gasteiger partial charge in [-0.15, -0.1) is 0 Å². The predicted molar refractivity (Wildman–Crippen MR) is 36.8 cm³/mol. The third kappa shape index (κ3) is 0.700. The Kier molecular flexibility index (Phi) is 1.08. The lowest BCUT2D eigenvalue weighted by molar-refractivity contribution is 0.368. The van der Waals surface area contributed by atoms with Crippen molar-refractivity contribution in [1.29, 1.82) is 0 Å². The molecule has 2 heteroatoms. The minimum absolute atomic E-state index is 0.429. The summed E-state index contributed by atoms with van der Waals surface area (Å²) in [4.78, 5) is 0. The number of nitrogens with two attached hydrogens (primary N) is 2. The molecule has 0 amide bonds.